The fourth-order valence-electron chi connectivity index (χ4n) is 3.16. The van der Waals surface area contributed by atoms with Crippen molar-refractivity contribution in [3.63, 3.8) is 0 Å². The third-order valence-corrected chi connectivity index (χ3v) is 5.98. The van der Waals surface area contributed by atoms with Crippen molar-refractivity contribution in [3.05, 3.63) is 45.6 Å². The van der Waals surface area contributed by atoms with E-state index in [0.717, 1.165) is 24.3 Å². The molecule has 0 saturated heterocycles. The second kappa shape index (κ2) is 9.59. The van der Waals surface area contributed by atoms with Crippen molar-refractivity contribution < 1.29 is 19.1 Å². The van der Waals surface area contributed by atoms with Crippen LogP contribution in [-0.2, 0) is 17.6 Å². The molecule has 28 heavy (non-hydrogen) atoms. The largest absolute Gasteiger partial charge is 0.497 e. The van der Waals surface area contributed by atoms with E-state index in [1.807, 2.05) is 30.3 Å². The molecular weight excluding hydrogens is 376 g/mol. The smallest absolute Gasteiger partial charge is 0.279 e. The van der Waals surface area contributed by atoms with Gasteiger partial charge in [-0.1, -0.05) is 6.92 Å². The Bertz CT molecular complexity index is 816. The number of hydrogen-bond acceptors (Lipinski definition) is 5. The Kier molecular flexibility index (Phi) is 6.92. The molecule has 1 aromatic heterocycles. The van der Waals surface area contributed by atoms with E-state index in [-0.39, 0.29) is 18.2 Å². The van der Waals surface area contributed by atoms with Crippen molar-refractivity contribution in [2.75, 3.05) is 13.7 Å². The van der Waals surface area contributed by atoms with E-state index in [0.29, 0.717) is 23.8 Å². The van der Waals surface area contributed by atoms with Crippen molar-refractivity contribution in [2.24, 2.45) is 5.92 Å². The van der Waals surface area contributed by atoms with Crippen molar-refractivity contribution in [1.82, 2.24) is 10.9 Å². The average Bonchev–Trinajstić information content (AvgIpc) is 3.13. The van der Waals surface area contributed by atoms with Gasteiger partial charge in [-0.2, -0.15) is 0 Å². The molecule has 2 N–H and O–H groups in total. The van der Waals surface area contributed by atoms with Crippen LogP contribution in [0.5, 0.6) is 11.5 Å². The molecule has 0 bridgehead atoms. The second-order valence-corrected chi connectivity index (χ2v) is 8.17. The Morgan fingerprint density at radius 3 is 2.68 bits per heavy atom. The normalized spacial score (nSPS) is 15.4. The number of ether oxygens (including phenoxy) is 2. The lowest BCUT2D eigenvalue weighted by Gasteiger charge is -2.16. The van der Waals surface area contributed by atoms with Gasteiger partial charge in [0.25, 0.3) is 5.91 Å². The Morgan fingerprint density at radius 1 is 1.18 bits per heavy atom. The van der Waals surface area contributed by atoms with Crippen LogP contribution in [0.25, 0.3) is 0 Å². The molecule has 1 aliphatic rings. The summed E-state index contributed by atoms with van der Waals surface area (Å²) in [4.78, 5) is 26.1. The van der Waals surface area contributed by atoms with Gasteiger partial charge >= 0.3 is 0 Å². The van der Waals surface area contributed by atoms with Crippen LogP contribution in [0.2, 0.25) is 0 Å². The lowest BCUT2D eigenvalue weighted by molar-refractivity contribution is -0.122. The summed E-state index contributed by atoms with van der Waals surface area (Å²) in [5.74, 6) is 1.67. The van der Waals surface area contributed by atoms with Crippen LogP contribution in [0.15, 0.2) is 30.3 Å². The summed E-state index contributed by atoms with van der Waals surface area (Å²) in [7, 11) is 1.61. The molecule has 6 nitrogen and oxygen atoms in total. The third kappa shape index (κ3) is 5.48. The third-order valence-electron chi connectivity index (χ3n) is 4.74. The zero-order valence-electron chi connectivity index (χ0n) is 16.2. The van der Waals surface area contributed by atoms with E-state index >= 15 is 0 Å². The Morgan fingerprint density at radius 2 is 1.93 bits per heavy atom. The predicted molar refractivity (Wildman–Crippen MR) is 109 cm³/mol. The summed E-state index contributed by atoms with van der Waals surface area (Å²) < 4.78 is 10.7. The van der Waals surface area contributed by atoms with Crippen LogP contribution in [0, 0.1) is 5.92 Å². The van der Waals surface area contributed by atoms with Crippen LogP contribution in [0.1, 0.15) is 46.3 Å². The zero-order valence-corrected chi connectivity index (χ0v) is 17.1. The van der Waals surface area contributed by atoms with E-state index < -0.39 is 0 Å². The number of hydrogen-bond donors (Lipinski definition) is 2. The van der Waals surface area contributed by atoms with Crippen LogP contribution < -0.4 is 20.3 Å². The van der Waals surface area contributed by atoms with Crippen molar-refractivity contribution in [2.45, 2.75) is 39.0 Å². The molecule has 2 amide bonds. The molecule has 0 unspecified atom stereocenters. The number of carbonyl (C=O) groups excluding carboxylic acids is 2. The first kappa shape index (κ1) is 20.2. The highest BCUT2D eigenvalue weighted by Crippen LogP contribution is 2.32. The van der Waals surface area contributed by atoms with Gasteiger partial charge in [0.05, 0.1) is 18.6 Å². The maximum atomic E-state index is 12.3. The van der Waals surface area contributed by atoms with E-state index in [1.54, 1.807) is 7.11 Å². The van der Waals surface area contributed by atoms with Crippen molar-refractivity contribution >= 4 is 23.2 Å². The van der Waals surface area contributed by atoms with Gasteiger partial charge in [0.2, 0.25) is 5.91 Å². The van der Waals surface area contributed by atoms with Gasteiger partial charge in [-0.05, 0) is 67.5 Å². The molecular formula is C21H26N2O4S. The highest BCUT2D eigenvalue weighted by molar-refractivity contribution is 7.14. The van der Waals surface area contributed by atoms with Crippen LogP contribution >= 0.6 is 11.3 Å². The van der Waals surface area contributed by atoms with Crippen LogP contribution in [-0.4, -0.2) is 25.5 Å². The number of methoxy groups -OCH3 is 1. The SMILES string of the molecule is COc1ccc(OCCCC(=O)NNC(=O)c2cc3c(s2)CC[C@@H](C)C3)cc1. The standard InChI is InChI=1S/C21H26N2O4S/c1-14-5-10-18-15(12-14)13-19(28-18)21(25)23-22-20(24)4-3-11-27-17-8-6-16(26-2)7-9-17/h6-9,13-14H,3-5,10-12H2,1-2H3,(H,22,24)(H,23,25)/t14-/m1/s1. The van der Waals surface area contributed by atoms with E-state index in [4.69, 9.17) is 9.47 Å². The lowest BCUT2D eigenvalue weighted by atomic mass is 9.90. The van der Waals surface area contributed by atoms with Crippen molar-refractivity contribution in [1.29, 1.82) is 0 Å². The molecule has 0 radical (unpaired) electrons. The Labute approximate surface area is 169 Å². The highest BCUT2D eigenvalue weighted by Gasteiger charge is 2.20. The number of thiophene rings is 1. The fraction of sp³-hybridized carbons (Fsp3) is 0.429. The first-order valence-corrected chi connectivity index (χ1v) is 10.3. The maximum absolute atomic E-state index is 12.3. The number of nitrogens with one attached hydrogen (secondary N) is 2. The van der Waals surface area contributed by atoms with Gasteiger partial charge < -0.3 is 9.47 Å². The molecule has 1 atom stereocenters. The maximum Gasteiger partial charge on any atom is 0.279 e. The van der Waals surface area contributed by atoms with Gasteiger partial charge in [-0.3, -0.25) is 20.4 Å². The van der Waals surface area contributed by atoms with E-state index in [9.17, 15) is 9.59 Å². The summed E-state index contributed by atoms with van der Waals surface area (Å²) in [5.41, 5.74) is 6.26. The zero-order chi connectivity index (χ0) is 19.9. The number of amides is 2. The number of benzene rings is 1. The molecule has 0 saturated carbocycles. The summed E-state index contributed by atoms with van der Waals surface area (Å²) in [5, 5.41) is 0. The molecule has 2 aromatic rings. The Balaban J connectivity index is 1.35. The first-order valence-electron chi connectivity index (χ1n) is 9.52. The molecule has 0 fully saturated rings. The highest BCUT2D eigenvalue weighted by atomic mass is 32.1. The molecule has 1 aliphatic carbocycles. The Hall–Kier alpha value is -2.54. The fourth-order valence-corrected chi connectivity index (χ4v) is 4.27. The molecule has 150 valence electrons. The average molecular weight is 403 g/mol. The van der Waals surface area contributed by atoms with Gasteiger partial charge in [-0.25, -0.2) is 0 Å². The monoisotopic (exact) mass is 402 g/mol. The number of hydrazine groups is 1. The number of carbonyl (C=O) groups is 2. The van der Waals surface area contributed by atoms with Gasteiger partial charge in [0.15, 0.2) is 0 Å². The molecule has 7 heteroatoms. The summed E-state index contributed by atoms with van der Waals surface area (Å²) in [6.07, 6.45) is 4.06. The lowest BCUT2D eigenvalue weighted by Crippen LogP contribution is -2.41. The molecule has 3 rings (SSSR count). The summed E-state index contributed by atoms with van der Waals surface area (Å²) >= 11 is 1.53. The molecule has 0 spiro atoms. The molecule has 1 aromatic carbocycles. The number of fused-ring (bicyclic) bond motifs is 1. The molecule has 1 heterocycles. The summed E-state index contributed by atoms with van der Waals surface area (Å²) in [6.45, 7) is 2.66. The van der Waals surface area contributed by atoms with E-state index in [1.165, 1.54) is 28.2 Å². The van der Waals surface area contributed by atoms with Gasteiger partial charge in [-0.15, -0.1) is 11.3 Å². The molecule has 0 aliphatic heterocycles. The first-order chi connectivity index (χ1) is 13.5. The van der Waals surface area contributed by atoms with Gasteiger partial charge in [0.1, 0.15) is 11.5 Å². The second-order valence-electron chi connectivity index (χ2n) is 7.04. The minimum absolute atomic E-state index is 0.235. The number of rotatable bonds is 7. The predicted octanol–water partition coefficient (Wildman–Crippen LogP) is 3.50. The minimum atomic E-state index is -0.255. The quantitative estimate of drug-likeness (QED) is 0.549. The minimum Gasteiger partial charge on any atom is -0.497 e. The topological polar surface area (TPSA) is 76.7 Å². The van der Waals surface area contributed by atoms with Crippen molar-refractivity contribution in [3.8, 4) is 11.5 Å². The number of aryl methyl sites for hydroxylation is 1. The van der Waals surface area contributed by atoms with E-state index in [2.05, 4.69) is 17.8 Å². The summed E-state index contributed by atoms with van der Waals surface area (Å²) in [6, 6.07) is 9.24. The van der Waals surface area contributed by atoms with Crippen LogP contribution in [0.4, 0.5) is 0 Å². The van der Waals surface area contributed by atoms with Gasteiger partial charge in [0, 0.05) is 11.3 Å². The van der Waals surface area contributed by atoms with Crippen LogP contribution in [0.3, 0.4) is 0 Å².